The van der Waals surface area contributed by atoms with E-state index in [4.69, 9.17) is 5.11 Å². The predicted octanol–water partition coefficient (Wildman–Crippen LogP) is 1.25. The number of hydrogen-bond donors (Lipinski definition) is 6. The molecule has 0 aliphatic carbocycles. The van der Waals surface area contributed by atoms with E-state index in [1.54, 1.807) is 0 Å². The minimum atomic E-state index is -3.15. The third kappa shape index (κ3) is 5.21. The van der Waals surface area contributed by atoms with Gasteiger partial charge in [-0.3, -0.25) is 0 Å². The molecule has 2 rings (SSSR count). The molecule has 0 radical (unpaired) electrons. The molecule has 0 aliphatic rings. The van der Waals surface area contributed by atoms with Crippen molar-refractivity contribution in [2.45, 2.75) is 55.7 Å². The molecule has 34 heavy (non-hydrogen) atoms. The second kappa shape index (κ2) is 10.6. The van der Waals surface area contributed by atoms with Crippen LogP contribution in [0.15, 0.2) is 24.3 Å². The normalized spacial score (nSPS) is 18.1. The molecule has 0 heterocycles. The summed E-state index contributed by atoms with van der Waals surface area (Å²) in [5.41, 5.74) is -7.19. The molecular weight excluding hydrogens is 474 g/mol. The lowest BCUT2D eigenvalue weighted by atomic mass is 9.72. The lowest BCUT2D eigenvalue weighted by molar-refractivity contribution is -0.229. The molecule has 6 nitrogen and oxygen atoms in total. The Morgan fingerprint density at radius 1 is 0.735 bits per heavy atom. The van der Waals surface area contributed by atoms with Crippen LogP contribution in [0.4, 0.5) is 26.3 Å². The van der Waals surface area contributed by atoms with Crippen molar-refractivity contribution in [1.29, 1.82) is 0 Å². The van der Waals surface area contributed by atoms with E-state index in [0.717, 1.165) is 6.07 Å². The molecule has 5 atom stereocenters. The van der Waals surface area contributed by atoms with Gasteiger partial charge in [-0.2, -0.15) is 0 Å². The third-order valence-corrected chi connectivity index (χ3v) is 5.86. The molecule has 0 aliphatic heterocycles. The fraction of sp³-hybridized carbons (Fsp3) is 0.455. The van der Waals surface area contributed by atoms with Crippen LogP contribution in [0.3, 0.4) is 0 Å². The molecule has 0 saturated heterocycles. The lowest BCUT2D eigenvalue weighted by Gasteiger charge is -2.45. The van der Waals surface area contributed by atoms with E-state index in [1.807, 2.05) is 0 Å². The zero-order valence-corrected chi connectivity index (χ0v) is 17.8. The number of aliphatic hydroxyl groups excluding tert-OH is 4. The van der Waals surface area contributed by atoms with Gasteiger partial charge in [0.2, 0.25) is 0 Å². The Labute approximate surface area is 190 Å². The smallest absolute Gasteiger partial charge is 0.194 e. The second-order valence-electron chi connectivity index (χ2n) is 8.07. The molecule has 190 valence electrons. The van der Waals surface area contributed by atoms with Gasteiger partial charge >= 0.3 is 0 Å². The SMILES string of the molecule is CCC(O)(Cc1ccc(F)c(F)c1F)[C@@H](O)[C@@](O)(Cc1ccc(F)c(F)c1F)[C@H](O)[C@@H](O)CO. The number of benzene rings is 2. The first-order chi connectivity index (χ1) is 15.7. The molecular formula is C22H24F6O6. The van der Waals surface area contributed by atoms with Gasteiger partial charge < -0.3 is 30.6 Å². The van der Waals surface area contributed by atoms with Crippen LogP contribution < -0.4 is 0 Å². The maximum Gasteiger partial charge on any atom is 0.194 e. The summed E-state index contributed by atoms with van der Waals surface area (Å²) < 4.78 is 82.3. The Morgan fingerprint density at radius 2 is 1.18 bits per heavy atom. The van der Waals surface area contributed by atoms with Gasteiger partial charge in [-0.1, -0.05) is 19.1 Å². The number of hydrogen-bond acceptors (Lipinski definition) is 6. The molecule has 0 amide bonds. The lowest BCUT2D eigenvalue weighted by Crippen LogP contribution is -2.66. The maximum atomic E-state index is 14.3. The van der Waals surface area contributed by atoms with Crippen LogP contribution in [0.5, 0.6) is 0 Å². The maximum absolute atomic E-state index is 14.3. The molecule has 6 N–H and O–H groups in total. The van der Waals surface area contributed by atoms with E-state index in [-0.39, 0.29) is 0 Å². The van der Waals surface area contributed by atoms with Gasteiger partial charge in [0.05, 0.1) is 12.2 Å². The number of rotatable bonds is 10. The predicted molar refractivity (Wildman–Crippen MR) is 105 cm³/mol. The highest BCUT2D eigenvalue weighted by Crippen LogP contribution is 2.35. The van der Waals surface area contributed by atoms with E-state index < -0.39 is 101 Å². The van der Waals surface area contributed by atoms with Crippen molar-refractivity contribution in [2.75, 3.05) is 6.61 Å². The monoisotopic (exact) mass is 498 g/mol. The number of halogens is 6. The molecule has 1 unspecified atom stereocenters. The van der Waals surface area contributed by atoms with Crippen LogP contribution in [0.1, 0.15) is 24.5 Å². The Morgan fingerprint density at radius 3 is 1.59 bits per heavy atom. The van der Waals surface area contributed by atoms with E-state index in [1.165, 1.54) is 6.92 Å². The molecule has 2 aromatic rings. The summed E-state index contributed by atoms with van der Waals surface area (Å²) in [5, 5.41) is 62.6. The van der Waals surface area contributed by atoms with Crippen LogP contribution in [-0.4, -0.2) is 66.8 Å². The Hall–Kier alpha value is -2.22. The zero-order valence-electron chi connectivity index (χ0n) is 17.8. The minimum Gasteiger partial charge on any atom is -0.394 e. The third-order valence-electron chi connectivity index (χ3n) is 5.86. The van der Waals surface area contributed by atoms with Crippen molar-refractivity contribution in [3.63, 3.8) is 0 Å². The van der Waals surface area contributed by atoms with E-state index >= 15 is 0 Å². The molecule has 12 heteroatoms. The Kier molecular flexibility index (Phi) is 8.72. The summed E-state index contributed by atoms with van der Waals surface area (Å²) in [6.07, 6.45) is -9.96. The van der Waals surface area contributed by atoms with Crippen LogP contribution in [0, 0.1) is 34.9 Å². The van der Waals surface area contributed by atoms with Gasteiger partial charge in [-0.15, -0.1) is 0 Å². The van der Waals surface area contributed by atoms with Crippen molar-refractivity contribution in [2.24, 2.45) is 0 Å². The highest BCUT2D eigenvalue weighted by molar-refractivity contribution is 5.26. The topological polar surface area (TPSA) is 121 Å². The summed E-state index contributed by atoms with van der Waals surface area (Å²) >= 11 is 0. The summed E-state index contributed by atoms with van der Waals surface area (Å²) in [5.74, 6) is -10.4. The van der Waals surface area contributed by atoms with Gasteiger partial charge in [-0.05, 0) is 29.7 Å². The van der Waals surface area contributed by atoms with Gasteiger partial charge in [0.15, 0.2) is 34.9 Å². The van der Waals surface area contributed by atoms with Crippen molar-refractivity contribution in [1.82, 2.24) is 0 Å². The van der Waals surface area contributed by atoms with Crippen LogP contribution in [0.25, 0.3) is 0 Å². The van der Waals surface area contributed by atoms with Crippen molar-refractivity contribution in [3.05, 3.63) is 70.3 Å². The summed E-state index contributed by atoms with van der Waals surface area (Å²) in [7, 11) is 0. The quantitative estimate of drug-likeness (QED) is 0.217. The average molecular weight is 498 g/mol. The molecule has 0 bridgehead atoms. The average Bonchev–Trinajstić information content (AvgIpc) is 2.83. The van der Waals surface area contributed by atoms with Crippen molar-refractivity contribution < 1.29 is 57.0 Å². The largest absolute Gasteiger partial charge is 0.394 e. The van der Waals surface area contributed by atoms with Gasteiger partial charge in [0, 0.05) is 12.8 Å². The standard InChI is InChI=1S/C22H24F6O6/c1-2-21(33,7-10-3-5-12(23)17(27)15(10)25)20(32)22(34,19(31)14(30)9-29)8-11-4-6-13(24)18(28)16(11)26/h3-6,14,19-20,29-34H,2,7-9H2,1H3/t14-,19+,20+,21?,22+/m0/s1. The van der Waals surface area contributed by atoms with E-state index in [0.29, 0.717) is 18.2 Å². The first-order valence-corrected chi connectivity index (χ1v) is 10.1. The molecule has 2 aromatic carbocycles. The van der Waals surface area contributed by atoms with Crippen molar-refractivity contribution in [3.8, 4) is 0 Å². The first-order valence-electron chi connectivity index (χ1n) is 10.1. The fourth-order valence-electron chi connectivity index (χ4n) is 3.72. The molecule has 0 aromatic heterocycles. The van der Waals surface area contributed by atoms with Crippen LogP contribution in [-0.2, 0) is 12.8 Å². The summed E-state index contributed by atoms with van der Waals surface area (Å²) in [6.45, 7) is 0.0488. The van der Waals surface area contributed by atoms with Crippen LogP contribution >= 0.6 is 0 Å². The molecule has 0 fully saturated rings. The highest BCUT2D eigenvalue weighted by atomic mass is 19.2. The molecule has 0 saturated carbocycles. The number of aliphatic hydroxyl groups is 6. The highest BCUT2D eigenvalue weighted by Gasteiger charge is 2.54. The van der Waals surface area contributed by atoms with Gasteiger partial charge in [0.1, 0.15) is 23.9 Å². The summed E-state index contributed by atoms with van der Waals surface area (Å²) in [4.78, 5) is 0. The Bertz CT molecular complexity index is 1020. The van der Waals surface area contributed by atoms with E-state index in [2.05, 4.69) is 0 Å². The molecule has 0 spiro atoms. The van der Waals surface area contributed by atoms with E-state index in [9.17, 15) is 51.9 Å². The zero-order chi connectivity index (χ0) is 26.0. The summed E-state index contributed by atoms with van der Waals surface area (Å²) in [6, 6.07) is 2.46. The fourth-order valence-corrected chi connectivity index (χ4v) is 3.72. The minimum absolute atomic E-state index is 0.484. The first kappa shape index (κ1) is 28.0. The Balaban J connectivity index is 2.58. The second-order valence-corrected chi connectivity index (χ2v) is 8.07. The van der Waals surface area contributed by atoms with Gasteiger partial charge in [0.25, 0.3) is 0 Å². The van der Waals surface area contributed by atoms with Gasteiger partial charge in [-0.25, -0.2) is 26.3 Å². The van der Waals surface area contributed by atoms with Crippen molar-refractivity contribution >= 4 is 0 Å². The van der Waals surface area contributed by atoms with Crippen LogP contribution in [0.2, 0.25) is 0 Å².